The Balaban J connectivity index is 1.68. The lowest BCUT2D eigenvalue weighted by atomic mass is 9.89. The average Bonchev–Trinajstić information content (AvgIpc) is 3.28. The zero-order valence-corrected chi connectivity index (χ0v) is 16.8. The van der Waals surface area contributed by atoms with E-state index >= 15 is 0 Å². The van der Waals surface area contributed by atoms with E-state index in [1.807, 2.05) is 45.0 Å². The second-order valence-electron chi connectivity index (χ2n) is 7.24. The van der Waals surface area contributed by atoms with Crippen molar-refractivity contribution >= 4 is 34.0 Å². The molecule has 1 saturated heterocycles. The van der Waals surface area contributed by atoms with Crippen molar-refractivity contribution in [3.63, 3.8) is 0 Å². The Morgan fingerprint density at radius 2 is 2.04 bits per heavy atom. The van der Waals surface area contributed by atoms with Crippen molar-refractivity contribution in [1.82, 2.24) is 10.2 Å². The highest BCUT2D eigenvalue weighted by atomic mass is 32.1. The zero-order valence-electron chi connectivity index (χ0n) is 16.0. The molecule has 0 spiro atoms. The van der Waals surface area contributed by atoms with Crippen molar-refractivity contribution in [2.24, 2.45) is 5.41 Å². The van der Waals surface area contributed by atoms with Crippen LogP contribution >= 0.6 is 11.3 Å². The number of amides is 2. The van der Waals surface area contributed by atoms with Crippen LogP contribution in [0.25, 0.3) is 0 Å². The molecule has 0 bridgehead atoms. The highest BCUT2D eigenvalue weighted by Gasteiger charge is 2.34. The molecule has 0 aliphatic carbocycles. The summed E-state index contributed by atoms with van der Waals surface area (Å²) >= 11 is 1.34. The molecule has 1 aromatic heterocycles. The zero-order chi connectivity index (χ0) is 19.6. The molecule has 1 N–H and O–H groups in total. The molecule has 0 unspecified atom stereocenters. The van der Waals surface area contributed by atoms with Crippen LogP contribution in [0.4, 0.5) is 10.8 Å². The summed E-state index contributed by atoms with van der Waals surface area (Å²) in [7, 11) is 1.61. The van der Waals surface area contributed by atoms with Crippen molar-refractivity contribution in [3.05, 3.63) is 29.3 Å². The third kappa shape index (κ3) is 4.10. The summed E-state index contributed by atoms with van der Waals surface area (Å²) in [5, 5.41) is 12.4. The fraction of sp³-hybridized carbons (Fsp3) is 0.474. The molecule has 2 amide bonds. The second-order valence-corrected chi connectivity index (χ2v) is 8.25. The van der Waals surface area contributed by atoms with E-state index < -0.39 is 5.41 Å². The van der Waals surface area contributed by atoms with Gasteiger partial charge >= 0.3 is 0 Å². The maximum Gasteiger partial charge on any atom is 0.231 e. The van der Waals surface area contributed by atoms with E-state index in [2.05, 4.69) is 15.5 Å². The third-order valence-electron chi connectivity index (χ3n) is 5.02. The van der Waals surface area contributed by atoms with Gasteiger partial charge in [0, 0.05) is 30.0 Å². The number of aromatic nitrogens is 2. The number of hydrogen-bond donors (Lipinski definition) is 1. The fourth-order valence-corrected chi connectivity index (χ4v) is 3.59. The number of anilines is 2. The van der Waals surface area contributed by atoms with Crippen molar-refractivity contribution < 1.29 is 14.3 Å². The molecule has 3 rings (SSSR count). The van der Waals surface area contributed by atoms with Gasteiger partial charge in [-0.25, -0.2) is 0 Å². The first kappa shape index (κ1) is 19.3. The van der Waals surface area contributed by atoms with Crippen LogP contribution in [0.15, 0.2) is 24.3 Å². The minimum absolute atomic E-state index is 0.0260. The van der Waals surface area contributed by atoms with Gasteiger partial charge in [0.25, 0.3) is 0 Å². The van der Waals surface area contributed by atoms with Crippen LogP contribution in [0.1, 0.15) is 44.5 Å². The van der Waals surface area contributed by atoms with Crippen LogP contribution < -0.4 is 15.0 Å². The van der Waals surface area contributed by atoms with Crippen LogP contribution in [-0.4, -0.2) is 35.7 Å². The smallest absolute Gasteiger partial charge is 0.231 e. The number of methoxy groups -OCH3 is 1. The molecule has 0 radical (unpaired) electrons. The molecule has 2 aromatic rings. The summed E-state index contributed by atoms with van der Waals surface area (Å²) in [6.07, 6.45) is 1.12. The van der Waals surface area contributed by atoms with Crippen LogP contribution in [0.2, 0.25) is 0 Å². The average molecular weight is 388 g/mol. The van der Waals surface area contributed by atoms with Gasteiger partial charge in [-0.05, 0) is 30.7 Å². The van der Waals surface area contributed by atoms with Gasteiger partial charge < -0.3 is 15.0 Å². The number of ether oxygens (including phenoxy) is 1. The van der Waals surface area contributed by atoms with Crippen molar-refractivity contribution in [2.75, 3.05) is 23.9 Å². The molecule has 1 fully saturated rings. The SMILES string of the molecule is CCC(C)(C)C(=O)Nc1nnc([C@H]2CC(=O)N(c3ccc(OC)cc3)C2)s1. The van der Waals surface area contributed by atoms with Gasteiger partial charge in [0.15, 0.2) is 0 Å². The minimum atomic E-state index is -0.458. The van der Waals surface area contributed by atoms with Crippen LogP contribution in [0.3, 0.4) is 0 Å². The molecule has 1 aliphatic rings. The molecule has 27 heavy (non-hydrogen) atoms. The number of carbonyl (C=O) groups is 2. The molecule has 1 atom stereocenters. The van der Waals surface area contributed by atoms with Crippen molar-refractivity contribution in [2.45, 2.75) is 39.5 Å². The Morgan fingerprint density at radius 3 is 2.67 bits per heavy atom. The molecule has 2 heterocycles. The largest absolute Gasteiger partial charge is 0.497 e. The van der Waals surface area contributed by atoms with Gasteiger partial charge in [-0.3, -0.25) is 9.59 Å². The Hall–Kier alpha value is -2.48. The number of hydrogen-bond acceptors (Lipinski definition) is 6. The molecule has 1 aromatic carbocycles. The van der Waals surface area contributed by atoms with E-state index in [4.69, 9.17) is 4.74 Å². The first-order valence-electron chi connectivity index (χ1n) is 8.93. The van der Waals surface area contributed by atoms with Crippen LogP contribution in [0, 0.1) is 5.41 Å². The number of nitrogens with zero attached hydrogens (tertiary/aromatic N) is 3. The molecule has 7 nitrogen and oxygen atoms in total. The van der Waals surface area contributed by atoms with E-state index in [0.717, 1.165) is 22.9 Å². The predicted octanol–water partition coefficient (Wildman–Crippen LogP) is 3.44. The number of nitrogens with one attached hydrogen (secondary N) is 1. The summed E-state index contributed by atoms with van der Waals surface area (Å²) in [5.41, 5.74) is 0.381. The van der Waals surface area contributed by atoms with E-state index in [-0.39, 0.29) is 17.7 Å². The number of carbonyl (C=O) groups excluding carboxylic acids is 2. The molecular weight excluding hydrogens is 364 g/mol. The first-order valence-corrected chi connectivity index (χ1v) is 9.75. The Bertz CT molecular complexity index is 832. The number of rotatable bonds is 6. The maximum absolute atomic E-state index is 12.4. The Labute approximate surface area is 162 Å². The Kier molecular flexibility index (Phi) is 5.46. The summed E-state index contributed by atoms with van der Waals surface area (Å²) < 4.78 is 5.16. The summed E-state index contributed by atoms with van der Waals surface area (Å²) in [5.74, 6) is 0.705. The molecule has 0 saturated carbocycles. The summed E-state index contributed by atoms with van der Waals surface area (Å²) in [6.45, 7) is 6.32. The van der Waals surface area contributed by atoms with Crippen LogP contribution in [-0.2, 0) is 9.59 Å². The van der Waals surface area contributed by atoms with Gasteiger partial charge in [0.1, 0.15) is 10.8 Å². The first-order chi connectivity index (χ1) is 12.8. The lowest BCUT2D eigenvalue weighted by molar-refractivity contribution is -0.124. The number of benzene rings is 1. The molecular formula is C19H24N4O3S. The van der Waals surface area contributed by atoms with Crippen molar-refractivity contribution in [1.29, 1.82) is 0 Å². The van der Waals surface area contributed by atoms with Crippen LogP contribution in [0.5, 0.6) is 5.75 Å². The van der Waals surface area contributed by atoms with Gasteiger partial charge in [0.05, 0.1) is 7.11 Å². The fourth-order valence-electron chi connectivity index (χ4n) is 2.76. The topological polar surface area (TPSA) is 84.4 Å². The highest BCUT2D eigenvalue weighted by molar-refractivity contribution is 7.15. The lowest BCUT2D eigenvalue weighted by Crippen LogP contribution is -2.29. The highest BCUT2D eigenvalue weighted by Crippen LogP contribution is 2.35. The Morgan fingerprint density at radius 1 is 1.33 bits per heavy atom. The van der Waals surface area contributed by atoms with Gasteiger partial charge in [-0.2, -0.15) is 0 Å². The second kappa shape index (κ2) is 7.64. The van der Waals surface area contributed by atoms with Crippen molar-refractivity contribution in [3.8, 4) is 5.75 Å². The summed E-state index contributed by atoms with van der Waals surface area (Å²) in [6, 6.07) is 7.42. The van der Waals surface area contributed by atoms with Gasteiger partial charge in [-0.15, -0.1) is 10.2 Å². The normalized spacial score (nSPS) is 17.3. The van der Waals surface area contributed by atoms with Gasteiger partial charge in [0.2, 0.25) is 16.9 Å². The molecule has 144 valence electrons. The van der Waals surface area contributed by atoms with E-state index in [1.165, 1.54) is 11.3 Å². The predicted molar refractivity (Wildman–Crippen MR) is 105 cm³/mol. The molecule has 1 aliphatic heterocycles. The third-order valence-corrected chi connectivity index (χ3v) is 6.02. The standard InChI is InChI=1S/C19H24N4O3S/c1-5-19(2,3)17(25)20-18-22-21-16(27-18)12-10-15(24)23(11-12)13-6-8-14(26-4)9-7-13/h6-9,12H,5,10-11H2,1-4H3,(H,20,22,25)/t12-/m0/s1. The van der Waals surface area contributed by atoms with E-state index in [9.17, 15) is 9.59 Å². The van der Waals surface area contributed by atoms with Gasteiger partial charge in [-0.1, -0.05) is 32.1 Å². The lowest BCUT2D eigenvalue weighted by Gasteiger charge is -2.20. The van der Waals surface area contributed by atoms with E-state index in [0.29, 0.717) is 18.1 Å². The molecule has 8 heteroatoms. The monoisotopic (exact) mass is 388 g/mol. The maximum atomic E-state index is 12.4. The minimum Gasteiger partial charge on any atom is -0.497 e. The summed E-state index contributed by atoms with van der Waals surface area (Å²) in [4.78, 5) is 26.5. The van der Waals surface area contributed by atoms with E-state index in [1.54, 1.807) is 12.0 Å². The quantitative estimate of drug-likeness (QED) is 0.819.